The first-order valence-corrected chi connectivity index (χ1v) is 15.0. The van der Waals surface area contributed by atoms with Crippen molar-refractivity contribution in [3.63, 3.8) is 0 Å². The van der Waals surface area contributed by atoms with E-state index in [-0.39, 0.29) is 0 Å². The van der Waals surface area contributed by atoms with E-state index in [0.717, 1.165) is 6.42 Å². The number of hydrogen-bond acceptors (Lipinski definition) is 0. The largest absolute Gasteiger partial charge is 0.309 e. The van der Waals surface area contributed by atoms with Gasteiger partial charge in [-0.3, -0.25) is 0 Å². The highest BCUT2D eigenvalue weighted by Gasteiger charge is 2.14. The number of aromatic nitrogens is 2. The second-order valence-electron chi connectivity index (χ2n) is 11.3. The van der Waals surface area contributed by atoms with Gasteiger partial charge in [-0.05, 0) is 84.1 Å². The van der Waals surface area contributed by atoms with Crippen molar-refractivity contribution in [2.75, 3.05) is 0 Å². The molecule has 0 bridgehead atoms. The van der Waals surface area contributed by atoms with Gasteiger partial charge < -0.3 is 9.13 Å². The Morgan fingerprint density at radius 2 is 0.857 bits per heavy atom. The molecule has 0 amide bonds. The molecule has 0 aliphatic carbocycles. The molecule has 42 heavy (non-hydrogen) atoms. The summed E-state index contributed by atoms with van der Waals surface area (Å²) in [6.07, 6.45) is 3.58. The van der Waals surface area contributed by atoms with Crippen molar-refractivity contribution in [3.05, 3.63) is 145 Å². The van der Waals surface area contributed by atoms with Crippen LogP contribution in [-0.4, -0.2) is 9.13 Å². The van der Waals surface area contributed by atoms with Crippen LogP contribution < -0.4 is 0 Å². The summed E-state index contributed by atoms with van der Waals surface area (Å²) in [7, 11) is 0. The zero-order valence-corrected chi connectivity index (χ0v) is 23.8. The van der Waals surface area contributed by atoms with Crippen LogP contribution in [-0.2, 0) is 6.42 Å². The average molecular weight is 541 g/mol. The fourth-order valence-electron chi connectivity index (χ4n) is 6.64. The number of hydrogen-bond donors (Lipinski definition) is 0. The third-order valence-corrected chi connectivity index (χ3v) is 8.72. The Bertz CT molecular complexity index is 2160. The van der Waals surface area contributed by atoms with Crippen LogP contribution in [0.4, 0.5) is 0 Å². The minimum Gasteiger partial charge on any atom is -0.309 e. The maximum atomic E-state index is 2.41. The van der Waals surface area contributed by atoms with Gasteiger partial charge in [0.05, 0.1) is 22.1 Å². The number of unbranched alkanes of at least 4 members (excludes halogenated alkanes) is 1. The Labute approximate surface area is 246 Å². The smallest absolute Gasteiger partial charge is 0.0541 e. The van der Waals surface area contributed by atoms with Gasteiger partial charge in [-0.25, -0.2) is 0 Å². The molecule has 2 aromatic heterocycles. The molecule has 2 nitrogen and oxygen atoms in total. The van der Waals surface area contributed by atoms with E-state index < -0.39 is 0 Å². The molecule has 0 fully saturated rings. The molecule has 2 heteroatoms. The topological polar surface area (TPSA) is 9.86 Å². The van der Waals surface area contributed by atoms with Crippen LogP contribution >= 0.6 is 0 Å². The van der Waals surface area contributed by atoms with Gasteiger partial charge in [0.25, 0.3) is 0 Å². The zero-order chi connectivity index (χ0) is 28.0. The number of benzene rings is 6. The number of nitrogens with zero attached hydrogens (tertiary/aromatic N) is 2. The zero-order valence-electron chi connectivity index (χ0n) is 23.8. The standard InChI is InChI=1S/C40H32N2/c1-2-3-10-28-17-26-40-36(27-28)35-13-6-9-16-39(35)42(40)32-24-20-30(21-25-32)29-18-22-31(23-19-29)41-37-14-7-4-11-33(37)34-12-5-8-15-38(34)41/h4-9,11-27H,2-3,10H2,1H3. The van der Waals surface area contributed by atoms with Crippen LogP contribution in [0, 0.1) is 0 Å². The van der Waals surface area contributed by atoms with Crippen LogP contribution in [0.25, 0.3) is 66.1 Å². The predicted octanol–water partition coefficient (Wildman–Crippen LogP) is 10.9. The van der Waals surface area contributed by atoms with Crippen LogP contribution in [0.1, 0.15) is 25.3 Å². The molecule has 0 N–H and O–H groups in total. The molecule has 8 aromatic rings. The van der Waals surface area contributed by atoms with E-state index >= 15 is 0 Å². The summed E-state index contributed by atoms with van der Waals surface area (Å²) in [5.41, 5.74) is 11.2. The van der Waals surface area contributed by atoms with Gasteiger partial charge in [0, 0.05) is 32.9 Å². The van der Waals surface area contributed by atoms with E-state index in [1.807, 2.05) is 0 Å². The summed E-state index contributed by atoms with van der Waals surface area (Å²) in [6, 6.07) is 51.1. The number of aryl methyl sites for hydroxylation is 1. The van der Waals surface area contributed by atoms with E-state index in [4.69, 9.17) is 0 Å². The van der Waals surface area contributed by atoms with Crippen molar-refractivity contribution in [1.29, 1.82) is 0 Å². The normalized spacial score (nSPS) is 11.7. The quantitative estimate of drug-likeness (QED) is 0.198. The predicted molar refractivity (Wildman–Crippen MR) is 179 cm³/mol. The number of fused-ring (bicyclic) bond motifs is 6. The molecular formula is C40H32N2. The summed E-state index contributed by atoms with van der Waals surface area (Å²) in [4.78, 5) is 0. The summed E-state index contributed by atoms with van der Waals surface area (Å²) in [6.45, 7) is 2.26. The molecule has 0 atom stereocenters. The molecule has 0 aliphatic heterocycles. The second kappa shape index (κ2) is 10.1. The highest BCUT2D eigenvalue weighted by molar-refractivity contribution is 6.10. The van der Waals surface area contributed by atoms with Crippen molar-refractivity contribution in [2.24, 2.45) is 0 Å². The first-order valence-electron chi connectivity index (χ1n) is 15.0. The molecule has 202 valence electrons. The molecule has 0 radical (unpaired) electrons. The minimum atomic E-state index is 1.14. The summed E-state index contributed by atoms with van der Waals surface area (Å²) in [5.74, 6) is 0. The Morgan fingerprint density at radius 1 is 0.429 bits per heavy atom. The third kappa shape index (κ3) is 3.94. The van der Waals surface area contributed by atoms with Gasteiger partial charge in [-0.2, -0.15) is 0 Å². The Kier molecular flexibility index (Phi) is 5.93. The van der Waals surface area contributed by atoms with E-state index in [0.29, 0.717) is 0 Å². The number of para-hydroxylation sites is 3. The van der Waals surface area contributed by atoms with Gasteiger partial charge in [0.15, 0.2) is 0 Å². The Morgan fingerprint density at radius 3 is 1.33 bits per heavy atom. The molecule has 2 heterocycles. The molecule has 0 spiro atoms. The summed E-state index contributed by atoms with van der Waals surface area (Å²) in [5, 5.41) is 5.23. The monoisotopic (exact) mass is 540 g/mol. The Hall–Kier alpha value is -5.08. The van der Waals surface area contributed by atoms with Crippen molar-refractivity contribution >= 4 is 43.6 Å². The SMILES string of the molecule is CCCCc1ccc2c(c1)c1ccccc1n2-c1ccc(-c2ccc(-n3c4ccccc4c4ccccc43)cc2)cc1. The van der Waals surface area contributed by atoms with E-state index in [1.54, 1.807) is 0 Å². The molecule has 0 unspecified atom stereocenters. The Balaban J connectivity index is 1.16. The van der Waals surface area contributed by atoms with Gasteiger partial charge >= 0.3 is 0 Å². The summed E-state index contributed by atoms with van der Waals surface area (Å²) >= 11 is 0. The van der Waals surface area contributed by atoms with E-state index in [2.05, 4.69) is 156 Å². The lowest BCUT2D eigenvalue weighted by molar-refractivity contribution is 0.796. The highest BCUT2D eigenvalue weighted by atomic mass is 15.0. The van der Waals surface area contributed by atoms with Gasteiger partial charge in [-0.1, -0.05) is 98.3 Å². The second-order valence-corrected chi connectivity index (χ2v) is 11.3. The van der Waals surface area contributed by atoms with Crippen molar-refractivity contribution < 1.29 is 0 Å². The molecule has 0 aliphatic rings. The highest BCUT2D eigenvalue weighted by Crippen LogP contribution is 2.35. The maximum absolute atomic E-state index is 2.41. The van der Waals surface area contributed by atoms with Gasteiger partial charge in [0.1, 0.15) is 0 Å². The maximum Gasteiger partial charge on any atom is 0.0541 e. The van der Waals surface area contributed by atoms with Crippen LogP contribution in [0.2, 0.25) is 0 Å². The lowest BCUT2D eigenvalue weighted by atomic mass is 10.0. The van der Waals surface area contributed by atoms with E-state index in [1.165, 1.54) is 84.5 Å². The molecule has 8 rings (SSSR count). The lowest BCUT2D eigenvalue weighted by Gasteiger charge is -2.11. The fourth-order valence-corrected chi connectivity index (χ4v) is 6.64. The molecule has 6 aromatic carbocycles. The van der Waals surface area contributed by atoms with Gasteiger partial charge in [0.2, 0.25) is 0 Å². The van der Waals surface area contributed by atoms with Crippen LogP contribution in [0.3, 0.4) is 0 Å². The fraction of sp³-hybridized carbons (Fsp3) is 0.100. The molecular weight excluding hydrogens is 508 g/mol. The van der Waals surface area contributed by atoms with Crippen molar-refractivity contribution in [1.82, 2.24) is 9.13 Å². The summed E-state index contributed by atoms with van der Waals surface area (Å²) < 4.78 is 4.77. The minimum absolute atomic E-state index is 1.14. The third-order valence-electron chi connectivity index (χ3n) is 8.72. The van der Waals surface area contributed by atoms with Crippen molar-refractivity contribution in [2.45, 2.75) is 26.2 Å². The first kappa shape index (κ1) is 24.7. The number of rotatable bonds is 6. The van der Waals surface area contributed by atoms with E-state index in [9.17, 15) is 0 Å². The van der Waals surface area contributed by atoms with Crippen LogP contribution in [0.15, 0.2) is 140 Å². The van der Waals surface area contributed by atoms with Crippen LogP contribution in [0.5, 0.6) is 0 Å². The average Bonchev–Trinajstić information content (AvgIpc) is 3.57. The first-order chi connectivity index (χ1) is 20.8. The molecule has 0 saturated heterocycles. The van der Waals surface area contributed by atoms with Crippen molar-refractivity contribution in [3.8, 4) is 22.5 Å². The molecule has 0 saturated carbocycles. The lowest BCUT2D eigenvalue weighted by Crippen LogP contribution is -1.95. The van der Waals surface area contributed by atoms with Gasteiger partial charge in [-0.15, -0.1) is 0 Å².